The summed E-state index contributed by atoms with van der Waals surface area (Å²) in [6.07, 6.45) is 0. The van der Waals surface area contributed by atoms with Crippen LogP contribution < -0.4 is 0 Å². The van der Waals surface area contributed by atoms with E-state index in [-0.39, 0.29) is 10.8 Å². The van der Waals surface area contributed by atoms with Gasteiger partial charge in [-0.3, -0.25) is 0 Å². The number of hydrogen-bond donors (Lipinski definition) is 0. The second kappa shape index (κ2) is 10.3. The summed E-state index contributed by atoms with van der Waals surface area (Å²) in [5.41, 5.74) is 21.2. The Labute approximate surface area is 313 Å². The van der Waals surface area contributed by atoms with Gasteiger partial charge < -0.3 is 0 Å². The summed E-state index contributed by atoms with van der Waals surface area (Å²) < 4.78 is 2.66. The highest BCUT2D eigenvalue weighted by atomic mass is 32.1. The number of rotatable bonds is 2. The molecule has 53 heavy (non-hydrogen) atoms. The molecule has 3 aliphatic rings. The van der Waals surface area contributed by atoms with Crippen LogP contribution in [0.5, 0.6) is 0 Å². The molecule has 9 aromatic rings. The van der Waals surface area contributed by atoms with E-state index < -0.39 is 0 Å². The lowest BCUT2D eigenvalue weighted by Crippen LogP contribution is -2.25. The molecule has 0 nitrogen and oxygen atoms in total. The lowest BCUT2D eigenvalue weighted by molar-refractivity contribution is 0.660. The summed E-state index contributed by atoms with van der Waals surface area (Å²) in [4.78, 5) is 0. The molecule has 1 spiro atoms. The molecule has 0 fully saturated rings. The van der Waals surface area contributed by atoms with Crippen LogP contribution in [0.1, 0.15) is 47.2 Å². The van der Waals surface area contributed by atoms with E-state index in [2.05, 4.69) is 184 Å². The molecule has 0 aliphatic heterocycles. The van der Waals surface area contributed by atoms with Crippen molar-refractivity contribution in [2.45, 2.75) is 24.7 Å². The normalized spacial score (nSPS) is 14.9. The highest BCUT2D eigenvalue weighted by Gasteiger charge is 2.51. The average Bonchev–Trinajstić information content (AvgIpc) is 3.89. The minimum absolute atomic E-state index is 0.0194. The third-order valence-corrected chi connectivity index (χ3v) is 13.9. The molecule has 1 heteroatoms. The number of fused-ring (bicyclic) bond motifs is 16. The fourth-order valence-electron chi connectivity index (χ4n) is 10.3. The molecular formula is C52H34S. The molecule has 3 aliphatic carbocycles. The van der Waals surface area contributed by atoms with E-state index in [1.165, 1.54) is 109 Å². The van der Waals surface area contributed by atoms with Gasteiger partial charge in [0.05, 0.1) is 5.41 Å². The molecule has 1 aromatic heterocycles. The summed E-state index contributed by atoms with van der Waals surface area (Å²) in [5, 5.41) is 2.66. The molecule has 0 saturated heterocycles. The predicted octanol–water partition coefficient (Wildman–Crippen LogP) is 14.0. The van der Waals surface area contributed by atoms with Gasteiger partial charge in [-0.1, -0.05) is 147 Å². The van der Waals surface area contributed by atoms with Crippen molar-refractivity contribution < 1.29 is 0 Å². The van der Waals surface area contributed by atoms with Gasteiger partial charge in [-0.05, 0) is 125 Å². The van der Waals surface area contributed by atoms with Crippen LogP contribution in [0.2, 0.25) is 0 Å². The first-order valence-corrected chi connectivity index (χ1v) is 19.5. The number of benzene rings is 8. The van der Waals surface area contributed by atoms with E-state index in [9.17, 15) is 0 Å². The van der Waals surface area contributed by atoms with Crippen molar-refractivity contribution in [3.63, 3.8) is 0 Å². The second-order valence-electron chi connectivity index (χ2n) is 15.6. The van der Waals surface area contributed by atoms with Gasteiger partial charge >= 0.3 is 0 Å². The zero-order chi connectivity index (χ0) is 35.1. The van der Waals surface area contributed by atoms with Gasteiger partial charge in [-0.15, -0.1) is 11.3 Å². The van der Waals surface area contributed by atoms with Gasteiger partial charge in [0.15, 0.2) is 0 Å². The Bertz CT molecular complexity index is 2980. The Hall–Kier alpha value is -6.02. The van der Waals surface area contributed by atoms with Gasteiger partial charge in [0.1, 0.15) is 0 Å². The molecule has 0 bridgehead atoms. The minimum Gasteiger partial charge on any atom is -0.135 e. The fraction of sp³-hybridized carbons (Fsp3) is 0.0769. The molecule has 248 valence electrons. The van der Waals surface area contributed by atoms with Crippen molar-refractivity contribution in [2.75, 3.05) is 0 Å². The first-order valence-electron chi connectivity index (χ1n) is 18.7. The van der Waals surface area contributed by atoms with Crippen molar-refractivity contribution in [2.24, 2.45) is 0 Å². The summed E-state index contributed by atoms with van der Waals surface area (Å²) in [6, 6.07) is 64.6. The van der Waals surface area contributed by atoms with Gasteiger partial charge in [-0.2, -0.15) is 0 Å². The molecule has 12 rings (SSSR count). The summed E-state index contributed by atoms with van der Waals surface area (Å²) in [5.74, 6) is 0. The summed E-state index contributed by atoms with van der Waals surface area (Å²) in [7, 11) is 0. The maximum Gasteiger partial charge on any atom is 0.0725 e. The lowest BCUT2D eigenvalue weighted by Gasteiger charge is -2.30. The van der Waals surface area contributed by atoms with Crippen LogP contribution in [0, 0.1) is 0 Å². The third kappa shape index (κ3) is 3.75. The van der Waals surface area contributed by atoms with Crippen molar-refractivity contribution in [3.05, 3.63) is 203 Å². The van der Waals surface area contributed by atoms with Crippen molar-refractivity contribution in [1.29, 1.82) is 0 Å². The topological polar surface area (TPSA) is 0 Å². The Morgan fingerprint density at radius 3 is 1.19 bits per heavy atom. The van der Waals surface area contributed by atoms with E-state index in [1.807, 2.05) is 11.3 Å². The molecule has 0 amide bonds. The van der Waals surface area contributed by atoms with Crippen molar-refractivity contribution in [3.8, 4) is 55.6 Å². The van der Waals surface area contributed by atoms with Crippen LogP contribution in [0.4, 0.5) is 0 Å². The molecule has 1 heterocycles. The SMILES string of the molecule is CC1(C)c2ccccc2-c2ccc(-c3ccc4sc5ccc(-c6ccc7c(c6)C6(c8ccccc8-c8ccccc86)c6ccccc6-7)cc5c4c3)cc21. The Morgan fingerprint density at radius 2 is 0.679 bits per heavy atom. The zero-order valence-corrected chi connectivity index (χ0v) is 30.4. The molecule has 0 unspecified atom stereocenters. The van der Waals surface area contributed by atoms with E-state index in [1.54, 1.807) is 0 Å². The lowest BCUT2D eigenvalue weighted by atomic mass is 9.70. The molecule has 0 radical (unpaired) electrons. The molecule has 0 saturated carbocycles. The predicted molar refractivity (Wildman–Crippen MR) is 224 cm³/mol. The standard InChI is InChI=1S/C52H34S/c1-51(2)43-15-7-3-11-35(43)39-23-19-33(29-47(39)51)31-21-25-49-41(27-31)42-28-32(22-26-50(42)53-49)34-20-24-40-38-14-6-10-18-46(38)52(48(40)30-34)44-16-8-4-12-36(44)37-13-5-9-17-45(37)52/h3-30H,1-2H3. The molecule has 0 atom stereocenters. The first-order chi connectivity index (χ1) is 26.0. The van der Waals surface area contributed by atoms with Gasteiger partial charge in [-0.25, -0.2) is 0 Å². The smallest absolute Gasteiger partial charge is 0.0725 e. The highest BCUT2D eigenvalue weighted by molar-refractivity contribution is 7.25. The third-order valence-electron chi connectivity index (χ3n) is 12.7. The summed E-state index contributed by atoms with van der Waals surface area (Å²) >= 11 is 1.89. The number of thiophene rings is 1. The Kier molecular flexibility index (Phi) is 5.75. The zero-order valence-electron chi connectivity index (χ0n) is 29.6. The van der Waals surface area contributed by atoms with Crippen LogP contribution in [0.3, 0.4) is 0 Å². The first kappa shape index (κ1) is 29.5. The van der Waals surface area contributed by atoms with Gasteiger partial charge in [0.2, 0.25) is 0 Å². The Morgan fingerprint density at radius 1 is 0.321 bits per heavy atom. The maximum atomic E-state index is 2.50. The monoisotopic (exact) mass is 690 g/mol. The second-order valence-corrected chi connectivity index (χ2v) is 16.7. The van der Waals surface area contributed by atoms with E-state index >= 15 is 0 Å². The molecule has 8 aromatic carbocycles. The van der Waals surface area contributed by atoms with E-state index in [4.69, 9.17) is 0 Å². The van der Waals surface area contributed by atoms with Crippen LogP contribution in [-0.4, -0.2) is 0 Å². The van der Waals surface area contributed by atoms with Crippen LogP contribution >= 0.6 is 11.3 Å². The van der Waals surface area contributed by atoms with Gasteiger partial charge in [0.25, 0.3) is 0 Å². The molecular weight excluding hydrogens is 657 g/mol. The van der Waals surface area contributed by atoms with E-state index in [0.29, 0.717) is 0 Å². The highest BCUT2D eigenvalue weighted by Crippen LogP contribution is 2.63. The molecule has 0 N–H and O–H groups in total. The number of hydrogen-bond acceptors (Lipinski definition) is 1. The quantitative estimate of drug-likeness (QED) is 0.169. The minimum atomic E-state index is -0.338. The average molecular weight is 691 g/mol. The van der Waals surface area contributed by atoms with Crippen LogP contribution in [-0.2, 0) is 10.8 Å². The van der Waals surface area contributed by atoms with Crippen LogP contribution in [0.25, 0.3) is 75.8 Å². The van der Waals surface area contributed by atoms with E-state index in [0.717, 1.165) is 0 Å². The maximum absolute atomic E-state index is 2.50. The van der Waals surface area contributed by atoms with Crippen molar-refractivity contribution >= 4 is 31.5 Å². The largest absolute Gasteiger partial charge is 0.135 e. The van der Waals surface area contributed by atoms with Gasteiger partial charge in [0, 0.05) is 25.6 Å². The Balaban J connectivity index is 1.01. The van der Waals surface area contributed by atoms with Crippen LogP contribution in [0.15, 0.2) is 170 Å². The fourth-order valence-corrected chi connectivity index (χ4v) is 11.4. The summed E-state index contributed by atoms with van der Waals surface area (Å²) in [6.45, 7) is 4.73. The van der Waals surface area contributed by atoms with Crippen molar-refractivity contribution in [1.82, 2.24) is 0 Å².